The fourth-order valence-corrected chi connectivity index (χ4v) is 1.81. The summed E-state index contributed by atoms with van der Waals surface area (Å²) in [4.78, 5) is 4.35. The Hall–Kier alpha value is -2.43. The van der Waals surface area contributed by atoms with E-state index in [9.17, 15) is 0 Å². The number of hydrogen-bond donors (Lipinski definition) is 1. The number of ether oxygens (including phenoxy) is 3. The van der Waals surface area contributed by atoms with Gasteiger partial charge in [0.05, 0.1) is 39.3 Å². The van der Waals surface area contributed by atoms with E-state index >= 15 is 0 Å². The predicted octanol–water partition coefficient (Wildman–Crippen LogP) is 2.72. The molecular weight excluding hydrogens is 256 g/mol. The quantitative estimate of drug-likeness (QED) is 0.877. The molecule has 1 heterocycles. The average Bonchev–Trinajstić information content (AvgIpc) is 2.52. The molecule has 0 aliphatic heterocycles. The van der Waals surface area contributed by atoms with Crippen molar-refractivity contribution >= 4 is 5.69 Å². The van der Waals surface area contributed by atoms with Gasteiger partial charge in [0.15, 0.2) is 0 Å². The zero-order valence-corrected chi connectivity index (χ0v) is 11.8. The Bertz CT molecular complexity index is 573. The summed E-state index contributed by atoms with van der Waals surface area (Å²) in [6.45, 7) is 0.570. The van der Waals surface area contributed by atoms with Gasteiger partial charge < -0.3 is 19.5 Å². The van der Waals surface area contributed by atoms with Gasteiger partial charge in [0.2, 0.25) is 5.88 Å². The van der Waals surface area contributed by atoms with Gasteiger partial charge >= 0.3 is 0 Å². The highest BCUT2D eigenvalue weighted by molar-refractivity contribution is 5.59. The van der Waals surface area contributed by atoms with Crippen LogP contribution in [0, 0.1) is 0 Å². The first-order valence-corrected chi connectivity index (χ1v) is 6.22. The van der Waals surface area contributed by atoms with Gasteiger partial charge in [0.25, 0.3) is 0 Å². The van der Waals surface area contributed by atoms with Gasteiger partial charge in [-0.1, -0.05) is 6.07 Å². The highest BCUT2D eigenvalue weighted by atomic mass is 16.5. The van der Waals surface area contributed by atoms with E-state index < -0.39 is 0 Å². The first-order valence-electron chi connectivity index (χ1n) is 6.22. The SMILES string of the molecule is COc1ccc(OC)c(NCc2cccc(OC)n2)c1. The smallest absolute Gasteiger partial charge is 0.213 e. The maximum Gasteiger partial charge on any atom is 0.213 e. The van der Waals surface area contributed by atoms with E-state index in [0.29, 0.717) is 12.4 Å². The molecule has 0 aliphatic rings. The summed E-state index contributed by atoms with van der Waals surface area (Å²) in [6.07, 6.45) is 0. The highest BCUT2D eigenvalue weighted by Crippen LogP contribution is 2.29. The molecule has 5 nitrogen and oxygen atoms in total. The Morgan fingerprint density at radius 1 is 1.00 bits per heavy atom. The second-order valence-electron chi connectivity index (χ2n) is 4.09. The van der Waals surface area contributed by atoms with Crippen molar-refractivity contribution in [2.75, 3.05) is 26.6 Å². The van der Waals surface area contributed by atoms with Crippen LogP contribution in [0.3, 0.4) is 0 Å². The molecule has 5 heteroatoms. The Balaban J connectivity index is 2.12. The minimum Gasteiger partial charge on any atom is -0.497 e. The molecule has 0 radical (unpaired) electrons. The second-order valence-corrected chi connectivity index (χ2v) is 4.09. The van der Waals surface area contributed by atoms with Crippen LogP contribution in [-0.4, -0.2) is 26.3 Å². The molecule has 2 aromatic rings. The van der Waals surface area contributed by atoms with E-state index in [4.69, 9.17) is 14.2 Å². The number of nitrogens with one attached hydrogen (secondary N) is 1. The maximum absolute atomic E-state index is 5.31. The zero-order valence-electron chi connectivity index (χ0n) is 11.8. The van der Waals surface area contributed by atoms with E-state index in [2.05, 4.69) is 10.3 Å². The summed E-state index contributed by atoms with van der Waals surface area (Å²) in [5.74, 6) is 2.13. The van der Waals surface area contributed by atoms with Crippen molar-refractivity contribution in [3.63, 3.8) is 0 Å². The minimum atomic E-state index is 0.570. The monoisotopic (exact) mass is 274 g/mol. The molecule has 0 aliphatic carbocycles. The third-order valence-corrected chi connectivity index (χ3v) is 2.86. The van der Waals surface area contributed by atoms with Crippen LogP contribution in [0.25, 0.3) is 0 Å². The minimum absolute atomic E-state index is 0.570. The topological polar surface area (TPSA) is 52.6 Å². The fraction of sp³-hybridized carbons (Fsp3) is 0.267. The van der Waals surface area contributed by atoms with Gasteiger partial charge in [-0.2, -0.15) is 0 Å². The maximum atomic E-state index is 5.31. The molecule has 1 N–H and O–H groups in total. The zero-order chi connectivity index (χ0) is 14.4. The number of anilines is 1. The molecular formula is C15H18N2O3. The van der Waals surface area contributed by atoms with Crippen LogP contribution >= 0.6 is 0 Å². The molecule has 0 saturated heterocycles. The normalized spacial score (nSPS) is 9.95. The lowest BCUT2D eigenvalue weighted by Gasteiger charge is -2.12. The molecule has 1 aromatic carbocycles. The molecule has 0 saturated carbocycles. The molecule has 0 bridgehead atoms. The van der Waals surface area contributed by atoms with Gasteiger partial charge in [-0.25, -0.2) is 4.98 Å². The van der Waals surface area contributed by atoms with Crippen molar-refractivity contribution in [2.45, 2.75) is 6.54 Å². The standard InChI is InChI=1S/C15H18N2O3/c1-18-12-7-8-14(19-2)13(9-12)16-10-11-5-4-6-15(17-11)20-3/h4-9,16H,10H2,1-3H3. The van der Waals surface area contributed by atoms with E-state index in [1.54, 1.807) is 21.3 Å². The second kappa shape index (κ2) is 6.65. The Kier molecular flexibility index (Phi) is 4.65. The summed E-state index contributed by atoms with van der Waals surface area (Å²) in [5, 5.41) is 3.28. The first-order chi connectivity index (χ1) is 9.76. The largest absolute Gasteiger partial charge is 0.497 e. The molecule has 2 rings (SSSR count). The third-order valence-electron chi connectivity index (χ3n) is 2.86. The molecule has 0 spiro atoms. The summed E-state index contributed by atoms with van der Waals surface area (Å²) >= 11 is 0. The van der Waals surface area contributed by atoms with Crippen molar-refractivity contribution in [1.29, 1.82) is 0 Å². The van der Waals surface area contributed by atoms with Crippen LogP contribution in [0.2, 0.25) is 0 Å². The van der Waals surface area contributed by atoms with Gasteiger partial charge in [0.1, 0.15) is 11.5 Å². The predicted molar refractivity (Wildman–Crippen MR) is 77.7 cm³/mol. The van der Waals surface area contributed by atoms with E-state index in [0.717, 1.165) is 22.9 Å². The van der Waals surface area contributed by atoms with Gasteiger partial charge in [-0.05, 0) is 18.2 Å². The lowest BCUT2D eigenvalue weighted by Crippen LogP contribution is -2.04. The van der Waals surface area contributed by atoms with Crippen molar-refractivity contribution < 1.29 is 14.2 Å². The lowest BCUT2D eigenvalue weighted by atomic mass is 10.2. The molecule has 1 aromatic heterocycles. The van der Waals surface area contributed by atoms with E-state index in [-0.39, 0.29) is 0 Å². The van der Waals surface area contributed by atoms with Crippen LogP contribution < -0.4 is 19.5 Å². The van der Waals surface area contributed by atoms with Crippen molar-refractivity contribution in [3.8, 4) is 17.4 Å². The van der Waals surface area contributed by atoms with E-state index in [1.807, 2.05) is 36.4 Å². The number of rotatable bonds is 6. The van der Waals surface area contributed by atoms with Crippen LogP contribution in [0.1, 0.15) is 5.69 Å². The number of nitrogens with zero attached hydrogens (tertiary/aromatic N) is 1. The summed E-state index contributed by atoms with van der Waals surface area (Å²) in [6, 6.07) is 11.3. The van der Waals surface area contributed by atoms with Gasteiger partial charge in [-0.15, -0.1) is 0 Å². The number of benzene rings is 1. The van der Waals surface area contributed by atoms with Crippen molar-refractivity contribution in [1.82, 2.24) is 4.98 Å². The molecule has 0 fully saturated rings. The summed E-state index contributed by atoms with van der Waals surface area (Å²) < 4.78 is 15.6. The number of pyridine rings is 1. The van der Waals surface area contributed by atoms with E-state index in [1.165, 1.54) is 0 Å². The number of methoxy groups -OCH3 is 3. The van der Waals surface area contributed by atoms with Gasteiger partial charge in [-0.3, -0.25) is 0 Å². The molecule has 0 amide bonds. The Morgan fingerprint density at radius 2 is 1.85 bits per heavy atom. The number of aromatic nitrogens is 1. The van der Waals surface area contributed by atoms with Crippen LogP contribution in [0.5, 0.6) is 17.4 Å². The summed E-state index contributed by atoms with van der Waals surface area (Å²) in [5.41, 5.74) is 1.74. The average molecular weight is 274 g/mol. The third kappa shape index (κ3) is 3.32. The van der Waals surface area contributed by atoms with Crippen LogP contribution in [-0.2, 0) is 6.54 Å². The molecule has 106 valence electrons. The first kappa shape index (κ1) is 14.0. The number of hydrogen-bond acceptors (Lipinski definition) is 5. The molecule has 20 heavy (non-hydrogen) atoms. The Morgan fingerprint density at radius 3 is 2.55 bits per heavy atom. The molecule has 0 unspecified atom stereocenters. The van der Waals surface area contributed by atoms with Crippen LogP contribution in [0.15, 0.2) is 36.4 Å². The fourth-order valence-electron chi connectivity index (χ4n) is 1.81. The van der Waals surface area contributed by atoms with Gasteiger partial charge in [0, 0.05) is 12.1 Å². The molecule has 0 atom stereocenters. The van der Waals surface area contributed by atoms with Crippen LogP contribution in [0.4, 0.5) is 5.69 Å². The summed E-state index contributed by atoms with van der Waals surface area (Å²) in [7, 11) is 4.87. The van der Waals surface area contributed by atoms with Crippen molar-refractivity contribution in [2.24, 2.45) is 0 Å². The highest BCUT2D eigenvalue weighted by Gasteiger charge is 2.05. The Labute approximate surface area is 118 Å². The van der Waals surface area contributed by atoms with Crippen molar-refractivity contribution in [3.05, 3.63) is 42.1 Å². The lowest BCUT2D eigenvalue weighted by molar-refractivity contribution is 0.396.